The highest BCUT2D eigenvalue weighted by Crippen LogP contribution is 2.30. The third kappa shape index (κ3) is 3.35. The summed E-state index contributed by atoms with van der Waals surface area (Å²) in [5.41, 5.74) is 5.52. The van der Waals surface area contributed by atoms with Gasteiger partial charge in [0.2, 0.25) is 6.43 Å². The topological polar surface area (TPSA) is 78.4 Å². The van der Waals surface area contributed by atoms with Crippen LogP contribution < -0.4 is 10.5 Å². The number of benzene rings is 1. The number of ether oxygens (including phenoxy) is 1. The number of nitro benzene ring substituents is 1. The molecule has 0 aliphatic heterocycles. The molecule has 0 aromatic heterocycles. The standard InChI is InChI=1S/C10H12F2N2O3/c1-17-9-3-2-6(4-8(9)14(15)16)7(13)5-10(11)12/h2-4,7,10H,5,13H2,1H3/t7-/m1/s1. The molecule has 1 atom stereocenters. The Labute approximate surface area is 96.3 Å². The highest BCUT2D eigenvalue weighted by Gasteiger charge is 2.19. The van der Waals surface area contributed by atoms with Crippen molar-refractivity contribution in [1.29, 1.82) is 0 Å². The van der Waals surface area contributed by atoms with Crippen molar-refractivity contribution >= 4 is 5.69 Å². The largest absolute Gasteiger partial charge is 0.490 e. The number of alkyl halides is 2. The summed E-state index contributed by atoms with van der Waals surface area (Å²) in [7, 11) is 1.29. The van der Waals surface area contributed by atoms with Crippen LogP contribution in [0.4, 0.5) is 14.5 Å². The molecule has 5 nitrogen and oxygen atoms in total. The van der Waals surface area contributed by atoms with E-state index in [0.29, 0.717) is 0 Å². The first kappa shape index (κ1) is 13.3. The van der Waals surface area contributed by atoms with E-state index in [1.807, 2.05) is 0 Å². The molecule has 0 fully saturated rings. The fourth-order valence-corrected chi connectivity index (χ4v) is 1.41. The van der Waals surface area contributed by atoms with Crippen molar-refractivity contribution in [1.82, 2.24) is 0 Å². The second-order valence-corrected chi connectivity index (χ2v) is 3.42. The molecule has 94 valence electrons. The molecule has 0 amide bonds. The molecule has 0 saturated heterocycles. The number of halogens is 2. The van der Waals surface area contributed by atoms with E-state index in [2.05, 4.69) is 0 Å². The van der Waals surface area contributed by atoms with Crippen molar-refractivity contribution < 1.29 is 18.4 Å². The van der Waals surface area contributed by atoms with Crippen LogP contribution in [-0.2, 0) is 0 Å². The molecule has 0 aliphatic rings. The second kappa shape index (κ2) is 5.53. The van der Waals surface area contributed by atoms with Gasteiger partial charge >= 0.3 is 5.69 Å². The van der Waals surface area contributed by atoms with Crippen LogP contribution in [0.2, 0.25) is 0 Å². The van der Waals surface area contributed by atoms with Crippen molar-refractivity contribution in [3.63, 3.8) is 0 Å². The maximum atomic E-state index is 12.1. The maximum Gasteiger partial charge on any atom is 0.311 e. The average Bonchev–Trinajstić information content (AvgIpc) is 2.27. The first-order valence-electron chi connectivity index (χ1n) is 4.81. The normalized spacial score (nSPS) is 12.5. The van der Waals surface area contributed by atoms with E-state index < -0.39 is 23.8 Å². The number of hydrogen-bond acceptors (Lipinski definition) is 4. The highest BCUT2D eigenvalue weighted by molar-refractivity contribution is 5.49. The predicted octanol–water partition coefficient (Wildman–Crippen LogP) is 2.26. The molecule has 0 unspecified atom stereocenters. The fourth-order valence-electron chi connectivity index (χ4n) is 1.41. The van der Waals surface area contributed by atoms with Crippen LogP contribution >= 0.6 is 0 Å². The molecule has 17 heavy (non-hydrogen) atoms. The molecule has 7 heteroatoms. The minimum absolute atomic E-state index is 0.0722. The molecule has 0 radical (unpaired) electrons. The Balaban J connectivity index is 3.03. The predicted molar refractivity (Wildman–Crippen MR) is 57.2 cm³/mol. The first-order chi connectivity index (χ1) is 7.95. The van der Waals surface area contributed by atoms with Crippen LogP contribution in [0.5, 0.6) is 5.75 Å². The minimum atomic E-state index is -2.55. The van der Waals surface area contributed by atoms with Gasteiger partial charge in [-0.05, 0) is 11.6 Å². The number of nitrogens with two attached hydrogens (primary N) is 1. The average molecular weight is 246 g/mol. The van der Waals surface area contributed by atoms with Crippen LogP contribution in [0, 0.1) is 10.1 Å². The number of rotatable bonds is 5. The van der Waals surface area contributed by atoms with Crippen LogP contribution in [0.25, 0.3) is 0 Å². The monoisotopic (exact) mass is 246 g/mol. The zero-order valence-electron chi connectivity index (χ0n) is 9.10. The number of nitro groups is 1. The molecule has 1 rings (SSSR count). The summed E-state index contributed by atoms with van der Waals surface area (Å²) in [5, 5.41) is 10.7. The van der Waals surface area contributed by atoms with E-state index >= 15 is 0 Å². The minimum Gasteiger partial charge on any atom is -0.490 e. The van der Waals surface area contributed by atoms with Crippen LogP contribution in [0.3, 0.4) is 0 Å². The van der Waals surface area contributed by atoms with Gasteiger partial charge in [0.25, 0.3) is 0 Å². The van der Waals surface area contributed by atoms with Gasteiger partial charge in [0.1, 0.15) is 0 Å². The van der Waals surface area contributed by atoms with Crippen molar-refractivity contribution in [3.8, 4) is 5.75 Å². The van der Waals surface area contributed by atoms with Gasteiger partial charge in [-0.3, -0.25) is 10.1 Å². The lowest BCUT2D eigenvalue weighted by Crippen LogP contribution is -2.14. The quantitative estimate of drug-likeness (QED) is 0.638. The second-order valence-electron chi connectivity index (χ2n) is 3.42. The lowest BCUT2D eigenvalue weighted by molar-refractivity contribution is -0.385. The van der Waals surface area contributed by atoms with Gasteiger partial charge in [-0.25, -0.2) is 8.78 Å². The number of hydrogen-bond donors (Lipinski definition) is 1. The van der Waals surface area contributed by atoms with Crippen molar-refractivity contribution in [3.05, 3.63) is 33.9 Å². The molecule has 0 saturated carbocycles. The van der Waals surface area contributed by atoms with E-state index in [-0.39, 0.29) is 17.0 Å². The van der Waals surface area contributed by atoms with Crippen molar-refractivity contribution in [2.24, 2.45) is 5.73 Å². The Kier molecular flexibility index (Phi) is 4.33. The Bertz CT molecular complexity index is 413. The number of methoxy groups -OCH3 is 1. The molecule has 0 heterocycles. The van der Waals surface area contributed by atoms with E-state index in [4.69, 9.17) is 10.5 Å². The SMILES string of the molecule is COc1ccc([C@H](N)CC(F)F)cc1[N+](=O)[O-]. The van der Waals surface area contributed by atoms with Gasteiger partial charge < -0.3 is 10.5 Å². The Morgan fingerprint density at radius 2 is 2.18 bits per heavy atom. The molecule has 0 spiro atoms. The Hall–Kier alpha value is -1.76. The summed E-state index contributed by atoms with van der Waals surface area (Å²) >= 11 is 0. The molecular formula is C10H12F2N2O3. The van der Waals surface area contributed by atoms with Gasteiger partial charge in [-0.1, -0.05) is 6.07 Å². The molecule has 0 bridgehead atoms. The van der Waals surface area contributed by atoms with Gasteiger partial charge in [0, 0.05) is 18.5 Å². The molecule has 0 aliphatic carbocycles. The van der Waals surface area contributed by atoms with E-state index in [1.54, 1.807) is 0 Å². The molecular weight excluding hydrogens is 234 g/mol. The maximum absolute atomic E-state index is 12.1. The first-order valence-corrected chi connectivity index (χ1v) is 4.81. The third-order valence-corrected chi connectivity index (χ3v) is 2.26. The molecule has 1 aromatic rings. The summed E-state index contributed by atoms with van der Waals surface area (Å²) in [6, 6.07) is 3.02. The van der Waals surface area contributed by atoms with Gasteiger partial charge in [-0.15, -0.1) is 0 Å². The lowest BCUT2D eigenvalue weighted by Gasteiger charge is -2.12. The molecule has 1 aromatic carbocycles. The summed E-state index contributed by atoms with van der Waals surface area (Å²) < 4.78 is 29.1. The van der Waals surface area contributed by atoms with Gasteiger partial charge in [0.05, 0.1) is 12.0 Å². The van der Waals surface area contributed by atoms with Crippen molar-refractivity contribution in [2.45, 2.75) is 18.9 Å². The Morgan fingerprint density at radius 3 is 2.65 bits per heavy atom. The Morgan fingerprint density at radius 1 is 1.53 bits per heavy atom. The van der Waals surface area contributed by atoms with E-state index in [0.717, 1.165) is 6.07 Å². The lowest BCUT2D eigenvalue weighted by atomic mass is 10.0. The number of nitrogens with zero attached hydrogens (tertiary/aromatic N) is 1. The molecule has 2 N–H and O–H groups in total. The fraction of sp³-hybridized carbons (Fsp3) is 0.400. The summed E-state index contributed by atoms with van der Waals surface area (Å²) in [6.07, 6.45) is -3.09. The highest BCUT2D eigenvalue weighted by atomic mass is 19.3. The summed E-state index contributed by atoms with van der Waals surface area (Å²) in [6.45, 7) is 0. The van der Waals surface area contributed by atoms with Gasteiger partial charge in [-0.2, -0.15) is 0 Å². The zero-order chi connectivity index (χ0) is 13.0. The van der Waals surface area contributed by atoms with E-state index in [1.165, 1.54) is 19.2 Å². The van der Waals surface area contributed by atoms with Crippen LogP contribution in [0.15, 0.2) is 18.2 Å². The summed E-state index contributed by atoms with van der Waals surface area (Å²) in [4.78, 5) is 10.1. The third-order valence-electron chi connectivity index (χ3n) is 2.26. The van der Waals surface area contributed by atoms with Crippen molar-refractivity contribution in [2.75, 3.05) is 7.11 Å². The van der Waals surface area contributed by atoms with Gasteiger partial charge in [0.15, 0.2) is 5.75 Å². The smallest absolute Gasteiger partial charge is 0.311 e. The zero-order valence-corrected chi connectivity index (χ0v) is 9.10. The summed E-state index contributed by atoms with van der Waals surface area (Å²) in [5.74, 6) is 0.0722. The van der Waals surface area contributed by atoms with Crippen LogP contribution in [0.1, 0.15) is 18.0 Å². The van der Waals surface area contributed by atoms with E-state index in [9.17, 15) is 18.9 Å². The van der Waals surface area contributed by atoms with Crippen LogP contribution in [-0.4, -0.2) is 18.5 Å².